The molecule has 0 aliphatic carbocycles. The summed E-state index contributed by atoms with van der Waals surface area (Å²) >= 11 is 0. The number of nitrogens with zero attached hydrogens (tertiary/aromatic N) is 3. The normalized spacial score (nSPS) is 15.6. The molecule has 1 aromatic rings. The molecule has 2 heterocycles. The quantitative estimate of drug-likeness (QED) is 0.863. The molecule has 0 bridgehead atoms. The zero-order chi connectivity index (χ0) is 18.4. The third kappa shape index (κ3) is 5.88. The van der Waals surface area contributed by atoms with E-state index in [1.54, 1.807) is 18.0 Å². The Balaban J connectivity index is 1.84. The summed E-state index contributed by atoms with van der Waals surface area (Å²) in [6.45, 7) is 9.23. The van der Waals surface area contributed by atoms with Gasteiger partial charge in [-0.15, -0.1) is 0 Å². The number of carbonyl (C=O) groups excluding carboxylic acids is 2. The van der Waals surface area contributed by atoms with Crippen molar-refractivity contribution in [1.29, 1.82) is 0 Å². The minimum Gasteiger partial charge on any atom is -0.450 e. The average molecular weight is 349 g/mol. The number of piperidine rings is 1. The summed E-state index contributed by atoms with van der Waals surface area (Å²) in [5.74, 6) is 0.385. The highest BCUT2D eigenvalue weighted by Gasteiger charge is 2.24. The lowest BCUT2D eigenvalue weighted by molar-refractivity contribution is 0.0913. The van der Waals surface area contributed by atoms with Gasteiger partial charge in [-0.25, -0.2) is 14.8 Å². The average Bonchev–Trinajstić information content (AvgIpc) is 2.55. The number of likely N-dealkylation sites (tertiary alicyclic amines) is 1. The van der Waals surface area contributed by atoms with Crippen molar-refractivity contribution in [2.24, 2.45) is 0 Å². The summed E-state index contributed by atoms with van der Waals surface area (Å²) in [6.07, 6.45) is 4.40. The smallest absolute Gasteiger partial charge is 0.409 e. The Kier molecular flexibility index (Phi) is 6.17. The first kappa shape index (κ1) is 19.0. The third-order valence-electron chi connectivity index (χ3n) is 3.75. The number of nitrogens with one attached hydrogen (secondary N) is 2. The van der Waals surface area contributed by atoms with Gasteiger partial charge in [0.1, 0.15) is 11.5 Å². The Morgan fingerprint density at radius 1 is 1.24 bits per heavy atom. The number of aromatic nitrogens is 2. The first-order valence-corrected chi connectivity index (χ1v) is 8.61. The van der Waals surface area contributed by atoms with Crippen LogP contribution in [0.4, 0.5) is 10.6 Å². The maximum Gasteiger partial charge on any atom is 0.409 e. The molecule has 1 aliphatic rings. The number of ether oxygens (including phenoxy) is 1. The second-order valence-corrected chi connectivity index (χ2v) is 7.10. The van der Waals surface area contributed by atoms with Crippen LogP contribution in [0.5, 0.6) is 0 Å². The molecule has 0 aromatic carbocycles. The van der Waals surface area contributed by atoms with Gasteiger partial charge in [0.05, 0.1) is 19.0 Å². The van der Waals surface area contributed by atoms with E-state index in [1.807, 2.05) is 20.8 Å². The van der Waals surface area contributed by atoms with Crippen LogP contribution in [0.15, 0.2) is 12.4 Å². The van der Waals surface area contributed by atoms with E-state index < -0.39 is 0 Å². The first-order valence-electron chi connectivity index (χ1n) is 8.61. The van der Waals surface area contributed by atoms with Crippen molar-refractivity contribution in [1.82, 2.24) is 20.2 Å². The molecule has 0 unspecified atom stereocenters. The van der Waals surface area contributed by atoms with E-state index in [0.29, 0.717) is 25.5 Å². The van der Waals surface area contributed by atoms with E-state index in [4.69, 9.17) is 4.74 Å². The van der Waals surface area contributed by atoms with Crippen molar-refractivity contribution in [3.8, 4) is 0 Å². The van der Waals surface area contributed by atoms with Gasteiger partial charge < -0.3 is 20.3 Å². The van der Waals surface area contributed by atoms with Crippen LogP contribution in [-0.2, 0) is 4.74 Å². The van der Waals surface area contributed by atoms with Gasteiger partial charge in [0.15, 0.2) is 0 Å². The lowest BCUT2D eigenvalue weighted by Crippen LogP contribution is -2.42. The molecule has 0 atom stereocenters. The molecule has 8 nitrogen and oxygen atoms in total. The number of carbonyl (C=O) groups is 2. The van der Waals surface area contributed by atoms with Gasteiger partial charge in [0.2, 0.25) is 0 Å². The molecular weight excluding hydrogens is 322 g/mol. The van der Waals surface area contributed by atoms with Crippen LogP contribution in [0.1, 0.15) is 51.0 Å². The van der Waals surface area contributed by atoms with Crippen molar-refractivity contribution >= 4 is 17.8 Å². The Morgan fingerprint density at radius 3 is 2.44 bits per heavy atom. The highest BCUT2D eigenvalue weighted by Crippen LogP contribution is 2.15. The molecule has 0 saturated carbocycles. The fourth-order valence-electron chi connectivity index (χ4n) is 2.55. The van der Waals surface area contributed by atoms with Crippen molar-refractivity contribution in [3.05, 3.63) is 18.1 Å². The van der Waals surface area contributed by atoms with Gasteiger partial charge in [-0.3, -0.25) is 4.79 Å². The zero-order valence-electron chi connectivity index (χ0n) is 15.3. The predicted octanol–water partition coefficient (Wildman–Crippen LogP) is 2.04. The fourth-order valence-corrected chi connectivity index (χ4v) is 2.55. The van der Waals surface area contributed by atoms with Crippen molar-refractivity contribution in [2.75, 3.05) is 25.0 Å². The van der Waals surface area contributed by atoms with Crippen molar-refractivity contribution in [3.63, 3.8) is 0 Å². The largest absolute Gasteiger partial charge is 0.450 e. The van der Waals surface area contributed by atoms with E-state index in [1.165, 1.54) is 6.20 Å². The minimum atomic E-state index is -0.317. The molecule has 0 radical (unpaired) electrons. The second-order valence-electron chi connectivity index (χ2n) is 7.10. The van der Waals surface area contributed by atoms with Gasteiger partial charge >= 0.3 is 6.09 Å². The lowest BCUT2D eigenvalue weighted by Gasteiger charge is -2.31. The number of anilines is 1. The van der Waals surface area contributed by atoms with Crippen LogP contribution in [0, 0.1) is 0 Å². The molecule has 8 heteroatoms. The standard InChI is InChI=1S/C17H27N5O3/c1-5-25-16(24)22-8-6-12(7-9-22)20-14-11-18-13(10-19-14)15(23)21-17(2,3)4/h10-12H,5-9H2,1-4H3,(H,19,20)(H,21,23). The highest BCUT2D eigenvalue weighted by molar-refractivity contribution is 5.92. The summed E-state index contributed by atoms with van der Waals surface area (Å²) in [6, 6.07) is 0.217. The Bertz CT molecular complexity index is 589. The molecule has 0 spiro atoms. The summed E-state index contributed by atoms with van der Waals surface area (Å²) in [5, 5.41) is 6.15. The van der Waals surface area contributed by atoms with Crippen molar-refractivity contribution < 1.29 is 14.3 Å². The molecule has 1 aliphatic heterocycles. The zero-order valence-corrected chi connectivity index (χ0v) is 15.3. The summed E-state index contributed by atoms with van der Waals surface area (Å²) in [5.41, 5.74) is -0.0274. The molecular formula is C17H27N5O3. The van der Waals surface area contributed by atoms with E-state index in [9.17, 15) is 9.59 Å². The lowest BCUT2D eigenvalue weighted by atomic mass is 10.1. The first-order chi connectivity index (χ1) is 11.8. The van der Waals surface area contributed by atoms with E-state index >= 15 is 0 Å². The van der Waals surface area contributed by atoms with Gasteiger partial charge in [-0.2, -0.15) is 0 Å². The number of amides is 2. The van der Waals surface area contributed by atoms with Crippen LogP contribution < -0.4 is 10.6 Å². The topological polar surface area (TPSA) is 96.5 Å². The number of hydrogen-bond donors (Lipinski definition) is 2. The molecule has 1 aromatic heterocycles. The predicted molar refractivity (Wildman–Crippen MR) is 94.5 cm³/mol. The fraction of sp³-hybridized carbons (Fsp3) is 0.647. The minimum absolute atomic E-state index is 0.217. The molecule has 25 heavy (non-hydrogen) atoms. The van der Waals surface area contributed by atoms with Crippen LogP contribution >= 0.6 is 0 Å². The Hall–Kier alpha value is -2.38. The van der Waals surface area contributed by atoms with Gasteiger partial charge in [0.25, 0.3) is 5.91 Å². The summed E-state index contributed by atoms with van der Waals surface area (Å²) < 4.78 is 5.01. The maximum absolute atomic E-state index is 12.0. The van der Waals surface area contributed by atoms with Gasteiger partial charge in [-0.1, -0.05) is 0 Å². The molecule has 2 N–H and O–H groups in total. The van der Waals surface area contributed by atoms with E-state index in [0.717, 1.165) is 12.8 Å². The molecule has 2 rings (SSSR count). The highest BCUT2D eigenvalue weighted by atomic mass is 16.6. The Morgan fingerprint density at radius 2 is 1.92 bits per heavy atom. The molecule has 1 fully saturated rings. The van der Waals surface area contributed by atoms with Crippen molar-refractivity contribution in [2.45, 2.75) is 52.1 Å². The SMILES string of the molecule is CCOC(=O)N1CCC(Nc2cnc(C(=O)NC(C)(C)C)cn2)CC1. The van der Waals surface area contributed by atoms with Crippen LogP contribution in [0.3, 0.4) is 0 Å². The van der Waals surface area contributed by atoms with Crippen LogP contribution in [-0.4, -0.2) is 58.1 Å². The second kappa shape index (κ2) is 8.13. The molecule has 138 valence electrons. The number of hydrogen-bond acceptors (Lipinski definition) is 6. The molecule has 2 amide bonds. The van der Waals surface area contributed by atoms with Gasteiger partial charge in [0, 0.05) is 24.7 Å². The summed E-state index contributed by atoms with van der Waals surface area (Å²) in [7, 11) is 0. The van der Waals surface area contributed by atoms with E-state index in [2.05, 4.69) is 20.6 Å². The Labute approximate surface area is 148 Å². The molecule has 1 saturated heterocycles. The third-order valence-corrected chi connectivity index (χ3v) is 3.75. The van der Waals surface area contributed by atoms with Crippen LogP contribution in [0.2, 0.25) is 0 Å². The van der Waals surface area contributed by atoms with E-state index in [-0.39, 0.29) is 29.3 Å². The monoisotopic (exact) mass is 349 g/mol. The van der Waals surface area contributed by atoms with Gasteiger partial charge in [-0.05, 0) is 40.5 Å². The maximum atomic E-state index is 12.0. The number of rotatable bonds is 4. The summed E-state index contributed by atoms with van der Waals surface area (Å²) in [4.78, 5) is 33.9. The van der Waals surface area contributed by atoms with Crippen LogP contribution in [0.25, 0.3) is 0 Å².